The van der Waals surface area contributed by atoms with Crippen molar-refractivity contribution in [2.24, 2.45) is 0 Å². The molecule has 2 aromatic heterocycles. The molecule has 4 rings (SSSR count). The Hall–Kier alpha value is -1.36. The van der Waals surface area contributed by atoms with Gasteiger partial charge < -0.3 is 0 Å². The van der Waals surface area contributed by atoms with Crippen LogP contribution < -0.4 is 0 Å². The molecule has 2 aromatic rings. The standard InChI is InChI=1S/C20H18OS3/c1-13-9-10-18(22-13)20-15(12-21)11-19(24-20)17-8-4-7-16(23-17)14-5-2-3-6-14/h2-3,5,8-12,16H,4,6-7H2,1H3. The van der Waals surface area contributed by atoms with E-state index in [4.69, 9.17) is 0 Å². The van der Waals surface area contributed by atoms with Gasteiger partial charge in [0.15, 0.2) is 6.29 Å². The topological polar surface area (TPSA) is 17.1 Å². The molecule has 1 aliphatic heterocycles. The molecule has 24 heavy (non-hydrogen) atoms. The number of allylic oxidation sites excluding steroid dienone is 4. The number of aldehydes is 1. The Labute approximate surface area is 154 Å². The first-order valence-electron chi connectivity index (χ1n) is 8.13. The van der Waals surface area contributed by atoms with Gasteiger partial charge in [-0.15, -0.1) is 34.4 Å². The number of aryl methyl sites for hydroxylation is 1. The fourth-order valence-electron chi connectivity index (χ4n) is 3.11. The molecule has 3 heterocycles. The van der Waals surface area contributed by atoms with E-state index in [-0.39, 0.29) is 0 Å². The number of rotatable bonds is 4. The molecule has 0 aromatic carbocycles. The number of thioether (sulfide) groups is 1. The molecule has 0 saturated carbocycles. The lowest BCUT2D eigenvalue weighted by molar-refractivity contribution is 0.112. The van der Waals surface area contributed by atoms with Crippen LogP contribution in [-0.4, -0.2) is 11.5 Å². The molecule has 2 aliphatic rings. The Morgan fingerprint density at radius 2 is 2.12 bits per heavy atom. The molecular weight excluding hydrogens is 352 g/mol. The zero-order chi connectivity index (χ0) is 16.5. The van der Waals surface area contributed by atoms with Gasteiger partial charge in [0.2, 0.25) is 0 Å². The summed E-state index contributed by atoms with van der Waals surface area (Å²) in [4.78, 5) is 17.7. The van der Waals surface area contributed by atoms with Gasteiger partial charge >= 0.3 is 0 Å². The van der Waals surface area contributed by atoms with Crippen LogP contribution in [0.5, 0.6) is 0 Å². The van der Waals surface area contributed by atoms with E-state index < -0.39 is 0 Å². The third-order valence-corrected chi connectivity index (χ3v) is 8.29. The maximum atomic E-state index is 11.5. The van der Waals surface area contributed by atoms with Gasteiger partial charge in [-0.1, -0.05) is 29.9 Å². The summed E-state index contributed by atoms with van der Waals surface area (Å²) in [6.45, 7) is 2.11. The predicted octanol–water partition coefficient (Wildman–Crippen LogP) is 6.72. The average Bonchev–Trinajstić information content (AvgIpc) is 3.35. The van der Waals surface area contributed by atoms with Gasteiger partial charge in [-0.3, -0.25) is 4.79 Å². The van der Waals surface area contributed by atoms with Crippen molar-refractivity contribution >= 4 is 45.6 Å². The van der Waals surface area contributed by atoms with Gasteiger partial charge in [0.05, 0.1) is 4.88 Å². The first kappa shape index (κ1) is 16.1. The van der Waals surface area contributed by atoms with E-state index in [0.717, 1.165) is 29.6 Å². The smallest absolute Gasteiger partial charge is 0.151 e. The normalized spacial score (nSPS) is 20.1. The van der Waals surface area contributed by atoms with Crippen LogP contribution >= 0.6 is 34.4 Å². The molecule has 0 radical (unpaired) electrons. The molecule has 0 fully saturated rings. The predicted molar refractivity (Wildman–Crippen MR) is 108 cm³/mol. The summed E-state index contributed by atoms with van der Waals surface area (Å²) >= 11 is 5.48. The summed E-state index contributed by atoms with van der Waals surface area (Å²) in [5.41, 5.74) is 2.36. The Morgan fingerprint density at radius 1 is 1.21 bits per heavy atom. The van der Waals surface area contributed by atoms with Crippen LogP contribution in [0.3, 0.4) is 0 Å². The zero-order valence-electron chi connectivity index (χ0n) is 13.5. The van der Waals surface area contributed by atoms with Crippen LogP contribution in [0.2, 0.25) is 0 Å². The second-order valence-corrected chi connectivity index (χ2v) is 9.63. The minimum absolute atomic E-state index is 0.578. The lowest BCUT2D eigenvalue weighted by atomic mass is 10.1. The summed E-state index contributed by atoms with van der Waals surface area (Å²) in [6, 6.07) is 6.32. The minimum Gasteiger partial charge on any atom is -0.298 e. The quantitative estimate of drug-likeness (QED) is 0.556. The molecule has 0 amide bonds. The Balaban J connectivity index is 1.63. The third-order valence-electron chi connectivity index (χ3n) is 4.34. The highest BCUT2D eigenvalue weighted by Gasteiger charge is 2.23. The molecule has 1 unspecified atom stereocenters. The lowest BCUT2D eigenvalue weighted by Crippen LogP contribution is -2.08. The van der Waals surface area contributed by atoms with Crippen LogP contribution in [0.25, 0.3) is 14.7 Å². The molecule has 1 atom stereocenters. The Bertz CT molecular complexity index is 863. The fraction of sp³-hybridized carbons (Fsp3) is 0.250. The maximum Gasteiger partial charge on any atom is 0.151 e. The summed E-state index contributed by atoms with van der Waals surface area (Å²) in [7, 11) is 0. The highest BCUT2D eigenvalue weighted by molar-refractivity contribution is 8.09. The summed E-state index contributed by atoms with van der Waals surface area (Å²) in [5, 5.41) is 0.578. The number of carbonyl (C=O) groups is 1. The fourth-order valence-corrected chi connectivity index (χ4v) is 6.72. The van der Waals surface area contributed by atoms with Crippen molar-refractivity contribution in [1.82, 2.24) is 0 Å². The molecule has 0 bridgehead atoms. The number of hydrogen-bond donors (Lipinski definition) is 0. The highest BCUT2D eigenvalue weighted by atomic mass is 32.2. The molecule has 0 saturated heterocycles. The van der Waals surface area contributed by atoms with Crippen molar-refractivity contribution in [1.29, 1.82) is 0 Å². The van der Waals surface area contributed by atoms with E-state index >= 15 is 0 Å². The number of carbonyl (C=O) groups excluding carboxylic acids is 1. The summed E-state index contributed by atoms with van der Waals surface area (Å²) in [5.74, 6) is 0. The van der Waals surface area contributed by atoms with Crippen LogP contribution in [0.1, 0.15) is 39.4 Å². The third kappa shape index (κ3) is 3.10. The van der Waals surface area contributed by atoms with E-state index in [0.29, 0.717) is 5.25 Å². The SMILES string of the molecule is Cc1ccc(-c2sc(C3=CCCC(C4=CC=CC4)S3)cc2C=O)s1. The molecule has 0 spiro atoms. The minimum atomic E-state index is 0.578. The Kier molecular flexibility index (Phi) is 4.61. The van der Waals surface area contributed by atoms with E-state index in [1.807, 2.05) is 11.8 Å². The largest absolute Gasteiger partial charge is 0.298 e. The molecule has 4 heteroatoms. The van der Waals surface area contributed by atoms with E-state index in [9.17, 15) is 4.79 Å². The van der Waals surface area contributed by atoms with E-state index in [2.05, 4.69) is 49.4 Å². The zero-order valence-corrected chi connectivity index (χ0v) is 15.9. The van der Waals surface area contributed by atoms with E-state index in [1.165, 1.54) is 31.5 Å². The van der Waals surface area contributed by atoms with Gasteiger partial charge in [0.25, 0.3) is 0 Å². The van der Waals surface area contributed by atoms with Gasteiger partial charge in [-0.05, 0) is 44.4 Å². The van der Waals surface area contributed by atoms with Gasteiger partial charge in [0.1, 0.15) is 0 Å². The second kappa shape index (κ2) is 6.87. The van der Waals surface area contributed by atoms with Crippen LogP contribution in [0.15, 0.2) is 48.1 Å². The first-order valence-corrected chi connectivity index (χ1v) is 10.6. The highest BCUT2D eigenvalue weighted by Crippen LogP contribution is 2.47. The van der Waals surface area contributed by atoms with Crippen molar-refractivity contribution in [3.8, 4) is 9.75 Å². The van der Waals surface area contributed by atoms with Crippen molar-refractivity contribution in [2.75, 3.05) is 0 Å². The molecular formula is C20H18OS3. The van der Waals surface area contributed by atoms with Gasteiger partial charge in [-0.25, -0.2) is 0 Å². The van der Waals surface area contributed by atoms with E-state index in [1.54, 1.807) is 22.7 Å². The lowest BCUT2D eigenvalue weighted by Gasteiger charge is -2.23. The van der Waals surface area contributed by atoms with Crippen LogP contribution in [-0.2, 0) is 0 Å². The first-order chi connectivity index (χ1) is 11.7. The van der Waals surface area contributed by atoms with Crippen LogP contribution in [0.4, 0.5) is 0 Å². The molecule has 122 valence electrons. The average molecular weight is 371 g/mol. The van der Waals surface area contributed by atoms with Gasteiger partial charge in [0, 0.05) is 30.3 Å². The maximum absolute atomic E-state index is 11.5. The van der Waals surface area contributed by atoms with Crippen molar-refractivity contribution < 1.29 is 4.79 Å². The monoisotopic (exact) mass is 370 g/mol. The molecule has 0 N–H and O–H groups in total. The molecule has 1 nitrogen and oxygen atoms in total. The van der Waals surface area contributed by atoms with Crippen LogP contribution in [0, 0.1) is 6.92 Å². The van der Waals surface area contributed by atoms with Crippen molar-refractivity contribution in [2.45, 2.75) is 31.4 Å². The summed E-state index contributed by atoms with van der Waals surface area (Å²) in [6.07, 6.45) is 13.4. The number of hydrogen-bond acceptors (Lipinski definition) is 4. The second-order valence-electron chi connectivity index (χ2n) is 6.05. The van der Waals surface area contributed by atoms with Crippen molar-refractivity contribution in [3.63, 3.8) is 0 Å². The number of thiophene rings is 2. The Morgan fingerprint density at radius 3 is 2.83 bits per heavy atom. The summed E-state index contributed by atoms with van der Waals surface area (Å²) < 4.78 is 0. The van der Waals surface area contributed by atoms with Crippen molar-refractivity contribution in [3.05, 3.63) is 63.4 Å². The van der Waals surface area contributed by atoms with Gasteiger partial charge in [-0.2, -0.15) is 0 Å². The molecule has 1 aliphatic carbocycles.